The SMILES string of the molecule is CCCN1C(=O)[C@H](OCc2ccccc2)[C@H](OCc2ccccc2)[C@H](OCc2ccccc2)[C@H]1CNC(=O)Nc1c[nH]c2ccccc12. The third kappa shape index (κ3) is 8.12. The zero-order chi connectivity index (χ0) is 33.1. The number of para-hydroxylation sites is 1. The molecule has 0 radical (unpaired) electrons. The number of benzene rings is 4. The first-order chi connectivity index (χ1) is 23.6. The van der Waals surface area contributed by atoms with Gasteiger partial charge in [0.25, 0.3) is 5.91 Å². The minimum atomic E-state index is -0.919. The summed E-state index contributed by atoms with van der Waals surface area (Å²) >= 11 is 0. The number of anilines is 1. The topological polar surface area (TPSA) is 105 Å². The van der Waals surface area contributed by atoms with Gasteiger partial charge in [-0.05, 0) is 29.2 Å². The molecule has 1 fully saturated rings. The van der Waals surface area contributed by atoms with Crippen molar-refractivity contribution in [1.82, 2.24) is 15.2 Å². The summed E-state index contributed by atoms with van der Waals surface area (Å²) in [5.74, 6) is -0.186. The van der Waals surface area contributed by atoms with Crippen molar-refractivity contribution < 1.29 is 23.8 Å². The van der Waals surface area contributed by atoms with Gasteiger partial charge in [0.1, 0.15) is 12.2 Å². The number of hydrogen-bond acceptors (Lipinski definition) is 5. The van der Waals surface area contributed by atoms with E-state index in [0.717, 1.165) is 34.0 Å². The van der Waals surface area contributed by atoms with Gasteiger partial charge in [-0.1, -0.05) is 116 Å². The third-order valence-corrected chi connectivity index (χ3v) is 8.54. The van der Waals surface area contributed by atoms with Gasteiger partial charge in [0.15, 0.2) is 6.10 Å². The Morgan fingerprint density at radius 2 is 1.27 bits per heavy atom. The Balaban J connectivity index is 1.28. The summed E-state index contributed by atoms with van der Waals surface area (Å²) < 4.78 is 19.7. The Morgan fingerprint density at radius 1 is 0.729 bits per heavy atom. The molecule has 0 unspecified atom stereocenters. The molecule has 2 heterocycles. The molecule has 248 valence electrons. The van der Waals surface area contributed by atoms with Crippen molar-refractivity contribution in [2.24, 2.45) is 0 Å². The number of aromatic nitrogens is 1. The molecular formula is C39H42N4O5. The summed E-state index contributed by atoms with van der Waals surface area (Å²) in [5, 5.41) is 6.89. The average Bonchev–Trinajstić information content (AvgIpc) is 3.53. The molecule has 1 saturated heterocycles. The van der Waals surface area contributed by atoms with Gasteiger partial charge in [0.2, 0.25) is 0 Å². The normalized spacial score (nSPS) is 19.4. The molecule has 1 aromatic heterocycles. The van der Waals surface area contributed by atoms with E-state index in [2.05, 4.69) is 15.6 Å². The highest BCUT2D eigenvalue weighted by Gasteiger charge is 2.50. The summed E-state index contributed by atoms with van der Waals surface area (Å²) in [6.07, 6.45) is 0.202. The van der Waals surface area contributed by atoms with Crippen LogP contribution in [0.3, 0.4) is 0 Å². The molecule has 6 rings (SSSR count). The molecule has 3 amide bonds. The lowest BCUT2D eigenvalue weighted by Crippen LogP contribution is -2.68. The first kappa shape index (κ1) is 33.0. The maximum Gasteiger partial charge on any atom is 0.319 e. The average molecular weight is 647 g/mol. The van der Waals surface area contributed by atoms with Crippen molar-refractivity contribution >= 4 is 28.5 Å². The lowest BCUT2D eigenvalue weighted by atomic mass is 9.91. The second-order valence-corrected chi connectivity index (χ2v) is 11.9. The molecule has 1 aliphatic heterocycles. The molecule has 0 spiro atoms. The number of aromatic amines is 1. The number of carbonyl (C=O) groups excluding carboxylic acids is 2. The predicted molar refractivity (Wildman–Crippen MR) is 186 cm³/mol. The second-order valence-electron chi connectivity index (χ2n) is 11.9. The van der Waals surface area contributed by atoms with E-state index in [4.69, 9.17) is 14.2 Å². The number of fused-ring (bicyclic) bond motifs is 1. The van der Waals surface area contributed by atoms with Crippen LogP contribution in [0.4, 0.5) is 10.5 Å². The van der Waals surface area contributed by atoms with E-state index >= 15 is 0 Å². The molecule has 48 heavy (non-hydrogen) atoms. The molecule has 1 aliphatic rings. The zero-order valence-corrected chi connectivity index (χ0v) is 27.1. The van der Waals surface area contributed by atoms with E-state index in [1.165, 1.54) is 0 Å². The molecule has 4 aromatic carbocycles. The van der Waals surface area contributed by atoms with Gasteiger partial charge in [0.05, 0.1) is 31.5 Å². The third-order valence-electron chi connectivity index (χ3n) is 8.54. The number of rotatable bonds is 14. The van der Waals surface area contributed by atoms with Gasteiger partial charge in [-0.3, -0.25) is 4.79 Å². The number of urea groups is 1. The number of piperidine rings is 1. The van der Waals surface area contributed by atoms with Crippen molar-refractivity contribution in [3.63, 3.8) is 0 Å². The Hall–Kier alpha value is -4.96. The number of nitrogens with zero attached hydrogens (tertiary/aromatic N) is 1. The molecule has 3 N–H and O–H groups in total. The maximum absolute atomic E-state index is 14.4. The van der Waals surface area contributed by atoms with E-state index in [9.17, 15) is 9.59 Å². The summed E-state index contributed by atoms with van der Waals surface area (Å²) in [5.41, 5.74) is 4.51. The molecule has 0 saturated carbocycles. The molecular weight excluding hydrogens is 604 g/mol. The predicted octanol–water partition coefficient (Wildman–Crippen LogP) is 6.67. The first-order valence-electron chi connectivity index (χ1n) is 16.5. The monoisotopic (exact) mass is 646 g/mol. The molecule has 0 aliphatic carbocycles. The van der Waals surface area contributed by atoms with Crippen molar-refractivity contribution in [3.8, 4) is 0 Å². The van der Waals surface area contributed by atoms with E-state index < -0.39 is 24.4 Å². The number of H-pyrrole nitrogens is 1. The van der Waals surface area contributed by atoms with E-state index in [1.54, 1.807) is 11.1 Å². The van der Waals surface area contributed by atoms with Crippen LogP contribution in [-0.2, 0) is 38.8 Å². The van der Waals surface area contributed by atoms with Crippen LogP contribution in [0.1, 0.15) is 30.0 Å². The lowest BCUT2D eigenvalue weighted by Gasteiger charge is -2.48. The number of ether oxygens (including phenoxy) is 3. The Morgan fingerprint density at radius 3 is 1.88 bits per heavy atom. The van der Waals surface area contributed by atoms with Crippen LogP contribution in [0.15, 0.2) is 121 Å². The summed E-state index contributed by atoms with van der Waals surface area (Å²) in [6.45, 7) is 3.45. The van der Waals surface area contributed by atoms with E-state index in [0.29, 0.717) is 18.8 Å². The number of nitrogens with one attached hydrogen (secondary N) is 3. The number of hydrogen-bond donors (Lipinski definition) is 3. The van der Waals surface area contributed by atoms with Gasteiger partial charge in [-0.2, -0.15) is 0 Å². The highest BCUT2D eigenvalue weighted by atomic mass is 16.6. The van der Waals surface area contributed by atoms with Crippen molar-refractivity contribution in [2.45, 2.75) is 57.5 Å². The van der Waals surface area contributed by atoms with Crippen molar-refractivity contribution in [3.05, 3.63) is 138 Å². The quantitative estimate of drug-likeness (QED) is 0.125. The van der Waals surface area contributed by atoms with Crippen LogP contribution in [0, 0.1) is 0 Å². The fraction of sp³-hybridized carbons (Fsp3) is 0.282. The lowest BCUT2D eigenvalue weighted by molar-refractivity contribution is -0.208. The standard InChI is InChI=1S/C39H42N4O5/c1-2-22-43-34(24-41-39(45)42-33-23-40-32-21-13-12-20-31(32)33)35(46-25-28-14-6-3-7-15-28)36(47-26-29-16-8-4-9-17-29)37(38(43)44)48-27-30-18-10-5-11-19-30/h3-21,23,34-37,40H,2,22,24-27H2,1H3,(H2,41,42,45)/t34-,35-,36-,37-/m1/s1. The van der Waals surface area contributed by atoms with Gasteiger partial charge >= 0.3 is 6.03 Å². The summed E-state index contributed by atoms with van der Waals surface area (Å²) in [7, 11) is 0. The number of carbonyl (C=O) groups is 2. The van der Waals surface area contributed by atoms with Gasteiger partial charge in [0, 0.05) is 30.2 Å². The fourth-order valence-electron chi connectivity index (χ4n) is 6.17. The van der Waals surface area contributed by atoms with Crippen molar-refractivity contribution in [2.75, 3.05) is 18.4 Å². The molecule has 5 aromatic rings. The van der Waals surface area contributed by atoms with Crippen LogP contribution in [-0.4, -0.2) is 59.3 Å². The Labute approximate surface area is 281 Å². The number of likely N-dealkylation sites (tertiary alicyclic amines) is 1. The minimum Gasteiger partial charge on any atom is -0.368 e. The first-order valence-corrected chi connectivity index (χ1v) is 16.5. The molecule has 0 bridgehead atoms. The molecule has 9 heteroatoms. The van der Waals surface area contributed by atoms with Crippen LogP contribution >= 0.6 is 0 Å². The molecule has 9 nitrogen and oxygen atoms in total. The highest BCUT2D eigenvalue weighted by molar-refractivity contribution is 6.01. The van der Waals surface area contributed by atoms with Crippen LogP contribution in [0.25, 0.3) is 10.9 Å². The minimum absolute atomic E-state index is 0.149. The van der Waals surface area contributed by atoms with Crippen LogP contribution in [0.2, 0.25) is 0 Å². The van der Waals surface area contributed by atoms with E-state index in [1.807, 2.05) is 122 Å². The highest BCUT2D eigenvalue weighted by Crippen LogP contribution is 2.30. The largest absolute Gasteiger partial charge is 0.368 e. The maximum atomic E-state index is 14.4. The Kier molecular flexibility index (Phi) is 11.1. The fourth-order valence-corrected chi connectivity index (χ4v) is 6.17. The Bertz CT molecular complexity index is 1750. The zero-order valence-electron chi connectivity index (χ0n) is 27.1. The second kappa shape index (κ2) is 16.2. The molecule has 4 atom stereocenters. The van der Waals surface area contributed by atoms with Gasteiger partial charge in [-0.15, -0.1) is 0 Å². The van der Waals surface area contributed by atoms with E-state index in [-0.39, 0.29) is 31.7 Å². The number of amides is 3. The summed E-state index contributed by atoms with van der Waals surface area (Å²) in [6, 6.07) is 36.4. The van der Waals surface area contributed by atoms with Crippen LogP contribution in [0.5, 0.6) is 0 Å². The van der Waals surface area contributed by atoms with Gasteiger partial charge in [-0.25, -0.2) is 4.79 Å². The summed E-state index contributed by atoms with van der Waals surface area (Å²) in [4.78, 5) is 32.7. The van der Waals surface area contributed by atoms with Crippen LogP contribution < -0.4 is 10.6 Å². The van der Waals surface area contributed by atoms with Gasteiger partial charge < -0.3 is 34.7 Å². The van der Waals surface area contributed by atoms with Crippen molar-refractivity contribution in [1.29, 1.82) is 0 Å². The smallest absolute Gasteiger partial charge is 0.319 e.